The van der Waals surface area contributed by atoms with Crippen LogP contribution in [-0.4, -0.2) is 47.0 Å². The van der Waals surface area contributed by atoms with Crippen molar-refractivity contribution < 1.29 is 19.5 Å². The van der Waals surface area contributed by atoms with Crippen molar-refractivity contribution in [2.45, 2.75) is 18.9 Å². The number of carboxylic acids is 1. The molecule has 7 heteroatoms. The normalized spacial score (nSPS) is 20.0. The molecular formula is C8H13N3O4. The second-order valence-corrected chi connectivity index (χ2v) is 3.31. The molecule has 1 atom stereocenters. The fraction of sp³-hybridized carbons (Fsp3) is 0.625. The number of primary amides is 1. The lowest BCUT2D eigenvalue weighted by molar-refractivity contribution is -0.141. The summed E-state index contributed by atoms with van der Waals surface area (Å²) in [6.07, 6.45) is 1.10. The van der Waals surface area contributed by atoms with Crippen LogP contribution in [-0.2, 0) is 9.59 Å². The highest BCUT2D eigenvalue weighted by Crippen LogP contribution is 2.16. The number of carboxylic acid groups (broad SMARTS) is 1. The van der Waals surface area contributed by atoms with Crippen molar-refractivity contribution in [3.05, 3.63) is 0 Å². The molecular weight excluding hydrogens is 202 g/mol. The first-order valence-electron chi connectivity index (χ1n) is 4.58. The quantitative estimate of drug-likeness (QED) is 0.544. The topological polar surface area (TPSA) is 113 Å². The van der Waals surface area contributed by atoms with Crippen LogP contribution >= 0.6 is 0 Å². The number of aliphatic carboxylic acids is 1. The summed E-state index contributed by atoms with van der Waals surface area (Å²) in [5, 5.41) is 11.1. The van der Waals surface area contributed by atoms with Crippen molar-refractivity contribution in [3.63, 3.8) is 0 Å². The number of nitrogens with two attached hydrogens (primary N) is 1. The smallest absolute Gasteiger partial charge is 0.326 e. The van der Waals surface area contributed by atoms with E-state index in [9.17, 15) is 14.4 Å². The van der Waals surface area contributed by atoms with Gasteiger partial charge in [0, 0.05) is 6.54 Å². The Bertz CT molecular complexity index is 292. The van der Waals surface area contributed by atoms with E-state index in [4.69, 9.17) is 10.8 Å². The molecule has 84 valence electrons. The molecule has 0 aromatic heterocycles. The molecule has 0 bridgehead atoms. The number of nitrogens with zero attached hydrogens (tertiary/aromatic N) is 1. The monoisotopic (exact) mass is 215 g/mol. The molecule has 0 spiro atoms. The molecule has 1 rings (SSSR count). The van der Waals surface area contributed by atoms with Gasteiger partial charge in [0.05, 0.1) is 6.54 Å². The fourth-order valence-corrected chi connectivity index (χ4v) is 1.53. The Balaban J connectivity index is 2.51. The molecule has 7 nitrogen and oxygen atoms in total. The van der Waals surface area contributed by atoms with Gasteiger partial charge in [-0.25, -0.2) is 9.59 Å². The molecule has 4 N–H and O–H groups in total. The van der Waals surface area contributed by atoms with Crippen molar-refractivity contribution in [1.29, 1.82) is 0 Å². The average Bonchev–Trinajstić information content (AvgIpc) is 2.62. The van der Waals surface area contributed by atoms with Crippen molar-refractivity contribution in [2.75, 3.05) is 13.1 Å². The summed E-state index contributed by atoms with van der Waals surface area (Å²) in [6, 6.07) is -1.35. The van der Waals surface area contributed by atoms with Crippen LogP contribution < -0.4 is 11.1 Å². The zero-order valence-corrected chi connectivity index (χ0v) is 8.10. The summed E-state index contributed by atoms with van der Waals surface area (Å²) in [5.74, 6) is -1.68. The highest BCUT2D eigenvalue weighted by Gasteiger charge is 2.33. The zero-order chi connectivity index (χ0) is 11.4. The van der Waals surface area contributed by atoms with E-state index in [1.807, 2.05) is 0 Å². The lowest BCUT2D eigenvalue weighted by atomic mass is 10.2. The van der Waals surface area contributed by atoms with E-state index in [-0.39, 0.29) is 6.54 Å². The number of rotatable bonds is 3. The van der Waals surface area contributed by atoms with E-state index in [0.717, 1.165) is 0 Å². The van der Waals surface area contributed by atoms with Gasteiger partial charge in [-0.15, -0.1) is 0 Å². The van der Waals surface area contributed by atoms with Gasteiger partial charge in [-0.3, -0.25) is 4.79 Å². The maximum absolute atomic E-state index is 11.4. The molecule has 1 aliphatic rings. The third-order valence-electron chi connectivity index (χ3n) is 2.21. The van der Waals surface area contributed by atoms with Crippen LogP contribution in [0, 0.1) is 0 Å². The number of nitrogens with one attached hydrogen (secondary N) is 1. The minimum absolute atomic E-state index is 0.276. The Labute approximate surface area is 86.2 Å². The summed E-state index contributed by atoms with van der Waals surface area (Å²) in [7, 11) is 0. The second kappa shape index (κ2) is 4.63. The van der Waals surface area contributed by atoms with E-state index >= 15 is 0 Å². The number of amides is 3. The molecule has 0 unspecified atom stereocenters. The Morgan fingerprint density at radius 1 is 1.47 bits per heavy atom. The SMILES string of the molecule is NC(=O)CNC(=O)N1CCC[C@H]1C(=O)O. The number of urea groups is 1. The van der Waals surface area contributed by atoms with Gasteiger partial charge in [0.1, 0.15) is 6.04 Å². The third-order valence-corrected chi connectivity index (χ3v) is 2.21. The average molecular weight is 215 g/mol. The van der Waals surface area contributed by atoms with Crippen LogP contribution in [0.1, 0.15) is 12.8 Å². The molecule has 1 fully saturated rings. The van der Waals surface area contributed by atoms with Crippen LogP contribution in [0.3, 0.4) is 0 Å². The summed E-state index contributed by atoms with van der Waals surface area (Å²) in [5.41, 5.74) is 4.85. The maximum Gasteiger partial charge on any atom is 0.326 e. The molecule has 1 heterocycles. The van der Waals surface area contributed by atoms with E-state index in [1.165, 1.54) is 4.90 Å². The fourth-order valence-electron chi connectivity index (χ4n) is 1.53. The maximum atomic E-state index is 11.4. The second-order valence-electron chi connectivity index (χ2n) is 3.31. The van der Waals surface area contributed by atoms with E-state index in [1.54, 1.807) is 0 Å². The summed E-state index contributed by atoms with van der Waals surface area (Å²) < 4.78 is 0. The van der Waals surface area contributed by atoms with E-state index in [0.29, 0.717) is 19.4 Å². The number of carbonyl (C=O) groups excluding carboxylic acids is 2. The van der Waals surface area contributed by atoms with Gasteiger partial charge in [0.2, 0.25) is 5.91 Å². The van der Waals surface area contributed by atoms with Crippen LogP contribution in [0.5, 0.6) is 0 Å². The molecule has 3 amide bonds. The minimum Gasteiger partial charge on any atom is -0.480 e. The van der Waals surface area contributed by atoms with Crippen molar-refractivity contribution in [1.82, 2.24) is 10.2 Å². The highest BCUT2D eigenvalue weighted by molar-refractivity contribution is 5.86. The lowest BCUT2D eigenvalue weighted by Crippen LogP contribution is -2.47. The van der Waals surface area contributed by atoms with Gasteiger partial charge < -0.3 is 21.1 Å². The van der Waals surface area contributed by atoms with Crippen LogP contribution in [0.15, 0.2) is 0 Å². The van der Waals surface area contributed by atoms with Gasteiger partial charge in [-0.2, -0.15) is 0 Å². The molecule has 0 saturated carbocycles. The van der Waals surface area contributed by atoms with Crippen molar-refractivity contribution in [3.8, 4) is 0 Å². The Morgan fingerprint density at radius 3 is 2.67 bits per heavy atom. The molecule has 0 aliphatic carbocycles. The molecule has 1 saturated heterocycles. The van der Waals surface area contributed by atoms with Crippen molar-refractivity contribution in [2.24, 2.45) is 5.73 Å². The number of likely N-dealkylation sites (tertiary alicyclic amines) is 1. The summed E-state index contributed by atoms with van der Waals surface area (Å²) in [6.45, 7) is 0.114. The van der Waals surface area contributed by atoms with Gasteiger partial charge in [-0.1, -0.05) is 0 Å². The molecule has 0 radical (unpaired) electrons. The minimum atomic E-state index is -1.03. The van der Waals surface area contributed by atoms with Gasteiger partial charge >= 0.3 is 12.0 Å². The number of hydrogen-bond donors (Lipinski definition) is 3. The number of carbonyl (C=O) groups is 3. The van der Waals surface area contributed by atoms with Crippen LogP contribution in [0.25, 0.3) is 0 Å². The molecule has 1 aliphatic heterocycles. The third kappa shape index (κ3) is 2.83. The summed E-state index contributed by atoms with van der Waals surface area (Å²) in [4.78, 5) is 33.8. The predicted molar refractivity (Wildman–Crippen MR) is 50.0 cm³/mol. The molecule has 0 aromatic carbocycles. The molecule has 0 aromatic rings. The standard InChI is InChI=1S/C8H13N3O4/c9-6(12)4-10-8(15)11-3-1-2-5(11)7(13)14/h5H,1-4H2,(H2,9,12)(H,10,15)(H,13,14)/t5-/m0/s1. The van der Waals surface area contributed by atoms with Gasteiger partial charge in [0.25, 0.3) is 0 Å². The predicted octanol–water partition coefficient (Wildman–Crippen LogP) is -1.27. The Kier molecular flexibility index (Phi) is 3.48. The molecule has 15 heavy (non-hydrogen) atoms. The van der Waals surface area contributed by atoms with Crippen LogP contribution in [0.2, 0.25) is 0 Å². The number of hydrogen-bond acceptors (Lipinski definition) is 3. The Morgan fingerprint density at radius 2 is 2.13 bits per heavy atom. The van der Waals surface area contributed by atoms with Crippen molar-refractivity contribution >= 4 is 17.9 Å². The van der Waals surface area contributed by atoms with Gasteiger partial charge in [-0.05, 0) is 12.8 Å². The summed E-state index contributed by atoms with van der Waals surface area (Å²) >= 11 is 0. The van der Waals surface area contributed by atoms with E-state index < -0.39 is 23.9 Å². The highest BCUT2D eigenvalue weighted by atomic mass is 16.4. The lowest BCUT2D eigenvalue weighted by Gasteiger charge is -2.21. The van der Waals surface area contributed by atoms with E-state index in [2.05, 4.69) is 5.32 Å². The van der Waals surface area contributed by atoms with Crippen LogP contribution in [0.4, 0.5) is 4.79 Å². The Hall–Kier alpha value is -1.79. The largest absolute Gasteiger partial charge is 0.480 e. The zero-order valence-electron chi connectivity index (χ0n) is 8.10. The van der Waals surface area contributed by atoms with Gasteiger partial charge in [0.15, 0.2) is 0 Å². The first-order valence-corrected chi connectivity index (χ1v) is 4.58. The first-order chi connectivity index (χ1) is 7.02. The first kappa shape index (κ1) is 11.3.